The van der Waals surface area contributed by atoms with E-state index >= 15 is 0 Å². The molecule has 4 heteroatoms. The number of carbonyl (C=O) groups is 1. The van der Waals surface area contributed by atoms with E-state index in [-0.39, 0.29) is 17.5 Å². The first kappa shape index (κ1) is 17.4. The lowest BCUT2D eigenvalue weighted by molar-refractivity contribution is -0.124. The highest BCUT2D eigenvalue weighted by atomic mass is 16.2. The van der Waals surface area contributed by atoms with Crippen molar-refractivity contribution in [3.05, 3.63) is 0 Å². The van der Waals surface area contributed by atoms with Crippen LogP contribution in [0.15, 0.2) is 0 Å². The van der Waals surface area contributed by atoms with Gasteiger partial charge in [-0.15, -0.1) is 0 Å². The van der Waals surface area contributed by atoms with Crippen LogP contribution < -0.4 is 10.6 Å². The fourth-order valence-corrected chi connectivity index (χ4v) is 2.36. The largest absolute Gasteiger partial charge is 0.350 e. The molecule has 0 aliphatic carbocycles. The van der Waals surface area contributed by atoms with Crippen LogP contribution in [0.4, 0.5) is 0 Å². The zero-order valence-corrected chi connectivity index (χ0v) is 14.2. The maximum Gasteiger partial charge on any atom is 0.237 e. The molecule has 1 heterocycles. The Morgan fingerprint density at radius 1 is 1.35 bits per heavy atom. The topological polar surface area (TPSA) is 44.4 Å². The summed E-state index contributed by atoms with van der Waals surface area (Å²) in [6.07, 6.45) is 3.34. The average Bonchev–Trinajstić information content (AvgIpc) is 2.39. The molecule has 1 aliphatic rings. The molecule has 0 spiro atoms. The van der Waals surface area contributed by atoms with Crippen LogP contribution >= 0.6 is 0 Å². The van der Waals surface area contributed by atoms with Gasteiger partial charge in [0.15, 0.2) is 0 Å². The average molecular weight is 283 g/mol. The van der Waals surface area contributed by atoms with Crippen LogP contribution in [0.2, 0.25) is 0 Å². The second-order valence-electron chi connectivity index (χ2n) is 7.44. The second-order valence-corrected chi connectivity index (χ2v) is 7.44. The van der Waals surface area contributed by atoms with E-state index in [9.17, 15) is 4.79 Å². The normalized spacial score (nSPS) is 21.5. The van der Waals surface area contributed by atoms with Crippen LogP contribution in [0.1, 0.15) is 53.9 Å². The summed E-state index contributed by atoms with van der Waals surface area (Å²) in [4.78, 5) is 14.5. The summed E-state index contributed by atoms with van der Waals surface area (Å²) < 4.78 is 0. The SMILES string of the molecule is CCC(C)(C)NC(=O)C(C)NCC1(C)CCN(C)CC1. The van der Waals surface area contributed by atoms with E-state index in [2.05, 4.69) is 50.3 Å². The summed E-state index contributed by atoms with van der Waals surface area (Å²) in [5.74, 6) is 0.105. The first-order valence-electron chi connectivity index (χ1n) is 7.91. The standard InChI is InChI=1S/C16H33N3O/c1-7-15(3,4)18-14(20)13(2)17-12-16(5)8-10-19(6)11-9-16/h13,17H,7-12H2,1-6H3,(H,18,20). The molecule has 0 aromatic heterocycles. The Bertz CT molecular complexity index is 320. The Hall–Kier alpha value is -0.610. The van der Waals surface area contributed by atoms with Crippen molar-refractivity contribution in [1.82, 2.24) is 15.5 Å². The third-order valence-corrected chi connectivity index (χ3v) is 4.77. The highest BCUT2D eigenvalue weighted by molar-refractivity contribution is 5.81. The molecule has 0 aromatic carbocycles. The Morgan fingerprint density at radius 3 is 2.40 bits per heavy atom. The van der Waals surface area contributed by atoms with Gasteiger partial charge in [0, 0.05) is 12.1 Å². The predicted octanol–water partition coefficient (Wildman–Crippen LogP) is 2.00. The molecule has 20 heavy (non-hydrogen) atoms. The van der Waals surface area contributed by atoms with E-state index in [0.717, 1.165) is 26.1 Å². The molecule has 1 atom stereocenters. The number of hydrogen-bond acceptors (Lipinski definition) is 3. The summed E-state index contributed by atoms with van der Waals surface area (Å²) in [6.45, 7) is 13.7. The van der Waals surface area contributed by atoms with E-state index in [1.54, 1.807) is 0 Å². The molecule has 1 saturated heterocycles. The van der Waals surface area contributed by atoms with Crippen LogP contribution in [-0.4, -0.2) is 49.1 Å². The number of rotatable bonds is 6. The third-order valence-electron chi connectivity index (χ3n) is 4.77. The minimum Gasteiger partial charge on any atom is -0.350 e. The smallest absolute Gasteiger partial charge is 0.237 e. The van der Waals surface area contributed by atoms with Crippen LogP contribution in [0.5, 0.6) is 0 Å². The highest BCUT2D eigenvalue weighted by Gasteiger charge is 2.30. The zero-order valence-electron chi connectivity index (χ0n) is 14.2. The van der Waals surface area contributed by atoms with Gasteiger partial charge in [-0.1, -0.05) is 13.8 Å². The van der Waals surface area contributed by atoms with E-state index in [4.69, 9.17) is 0 Å². The Labute approximate surface area is 124 Å². The lowest BCUT2D eigenvalue weighted by Crippen LogP contribution is -2.52. The number of nitrogens with one attached hydrogen (secondary N) is 2. The summed E-state index contributed by atoms with van der Waals surface area (Å²) in [5, 5.41) is 6.53. The van der Waals surface area contributed by atoms with Crippen molar-refractivity contribution in [2.45, 2.75) is 65.5 Å². The molecule has 1 rings (SSSR count). The highest BCUT2D eigenvalue weighted by Crippen LogP contribution is 2.29. The van der Waals surface area contributed by atoms with Gasteiger partial charge in [0.1, 0.15) is 0 Å². The van der Waals surface area contributed by atoms with Crippen LogP contribution in [0.3, 0.4) is 0 Å². The number of piperidine rings is 1. The van der Waals surface area contributed by atoms with Gasteiger partial charge in [0.2, 0.25) is 5.91 Å². The summed E-state index contributed by atoms with van der Waals surface area (Å²) in [7, 11) is 2.18. The van der Waals surface area contributed by atoms with E-state index < -0.39 is 0 Å². The molecule has 1 aliphatic heterocycles. The molecule has 0 radical (unpaired) electrons. The van der Waals surface area contributed by atoms with Gasteiger partial charge in [-0.3, -0.25) is 4.79 Å². The Kier molecular flexibility index (Phi) is 6.02. The lowest BCUT2D eigenvalue weighted by atomic mass is 9.80. The van der Waals surface area contributed by atoms with Gasteiger partial charge in [-0.2, -0.15) is 0 Å². The first-order chi connectivity index (χ1) is 9.17. The van der Waals surface area contributed by atoms with Crippen molar-refractivity contribution in [3.63, 3.8) is 0 Å². The van der Waals surface area contributed by atoms with Crippen molar-refractivity contribution < 1.29 is 4.79 Å². The van der Waals surface area contributed by atoms with Gasteiger partial charge in [0.05, 0.1) is 6.04 Å². The number of carbonyl (C=O) groups excluding carboxylic acids is 1. The molecule has 4 nitrogen and oxygen atoms in total. The van der Waals surface area contributed by atoms with Gasteiger partial charge < -0.3 is 15.5 Å². The van der Waals surface area contributed by atoms with Crippen molar-refractivity contribution in [1.29, 1.82) is 0 Å². The second kappa shape index (κ2) is 6.90. The molecule has 1 unspecified atom stereocenters. The zero-order chi connectivity index (χ0) is 15.4. The molecule has 1 amide bonds. The van der Waals surface area contributed by atoms with Gasteiger partial charge in [-0.05, 0) is 65.6 Å². The lowest BCUT2D eigenvalue weighted by Gasteiger charge is -2.38. The van der Waals surface area contributed by atoms with Crippen molar-refractivity contribution in [2.24, 2.45) is 5.41 Å². The van der Waals surface area contributed by atoms with E-state index in [1.807, 2.05) is 6.92 Å². The predicted molar refractivity (Wildman–Crippen MR) is 84.8 cm³/mol. The molecular formula is C16H33N3O. The van der Waals surface area contributed by atoms with E-state index in [1.165, 1.54) is 12.8 Å². The molecule has 2 N–H and O–H groups in total. The van der Waals surface area contributed by atoms with E-state index in [0.29, 0.717) is 5.41 Å². The number of amides is 1. The summed E-state index contributed by atoms with van der Waals surface area (Å²) in [5.41, 5.74) is 0.200. The minimum atomic E-state index is -0.127. The number of likely N-dealkylation sites (tertiary alicyclic amines) is 1. The maximum atomic E-state index is 12.2. The summed E-state index contributed by atoms with van der Waals surface area (Å²) >= 11 is 0. The third kappa shape index (κ3) is 5.41. The molecule has 0 bridgehead atoms. The quantitative estimate of drug-likeness (QED) is 0.784. The molecule has 1 fully saturated rings. The van der Waals surface area contributed by atoms with Gasteiger partial charge >= 0.3 is 0 Å². The van der Waals surface area contributed by atoms with Crippen molar-refractivity contribution in [3.8, 4) is 0 Å². The van der Waals surface area contributed by atoms with Gasteiger partial charge in [0.25, 0.3) is 0 Å². The monoisotopic (exact) mass is 283 g/mol. The van der Waals surface area contributed by atoms with Crippen LogP contribution in [0.25, 0.3) is 0 Å². The molecule has 118 valence electrons. The first-order valence-corrected chi connectivity index (χ1v) is 7.91. The van der Waals surface area contributed by atoms with Crippen molar-refractivity contribution >= 4 is 5.91 Å². The molecule has 0 aromatic rings. The van der Waals surface area contributed by atoms with Crippen LogP contribution in [-0.2, 0) is 4.79 Å². The fourth-order valence-electron chi connectivity index (χ4n) is 2.36. The van der Waals surface area contributed by atoms with Crippen molar-refractivity contribution in [2.75, 3.05) is 26.7 Å². The fraction of sp³-hybridized carbons (Fsp3) is 0.938. The molecular weight excluding hydrogens is 250 g/mol. The minimum absolute atomic E-state index is 0.105. The Balaban J connectivity index is 2.39. The maximum absolute atomic E-state index is 12.2. The Morgan fingerprint density at radius 2 is 1.90 bits per heavy atom. The number of hydrogen-bond donors (Lipinski definition) is 2. The molecule has 0 saturated carbocycles. The summed E-state index contributed by atoms with van der Waals surface area (Å²) in [6, 6.07) is -0.127. The number of nitrogens with zero attached hydrogens (tertiary/aromatic N) is 1. The van der Waals surface area contributed by atoms with Crippen LogP contribution in [0, 0.1) is 5.41 Å². The van der Waals surface area contributed by atoms with Gasteiger partial charge in [-0.25, -0.2) is 0 Å².